The van der Waals surface area contributed by atoms with E-state index in [-0.39, 0.29) is 0 Å². The average molecular weight is 320 g/mol. The van der Waals surface area contributed by atoms with E-state index in [0.717, 1.165) is 6.92 Å². The van der Waals surface area contributed by atoms with E-state index >= 15 is 0 Å². The minimum absolute atomic E-state index is 0.516. The quantitative estimate of drug-likeness (QED) is 0.486. The van der Waals surface area contributed by atoms with Crippen LogP contribution in [0, 0.1) is 11.8 Å². The predicted octanol–water partition coefficient (Wildman–Crippen LogP) is 3.08. The van der Waals surface area contributed by atoms with Crippen molar-refractivity contribution in [2.24, 2.45) is 0 Å². The molecule has 1 atom stereocenters. The number of rotatable bonds is 4. The number of Topliss-reactive ketones (excluding diaryl/α,β-unsaturated/α-hetero) is 1. The third-order valence-electron chi connectivity index (χ3n) is 2.69. The van der Waals surface area contributed by atoms with Crippen LogP contribution in [0.3, 0.4) is 0 Å². The molecule has 0 saturated heterocycles. The largest absolute Gasteiger partial charge is 0.494 e. The summed E-state index contributed by atoms with van der Waals surface area (Å²) in [5.74, 6) is 2.98. The molecular weight excluding hydrogens is 299 g/mol. The minimum atomic E-state index is -2.80. The van der Waals surface area contributed by atoms with Gasteiger partial charge in [-0.05, 0) is 64.8 Å². The second kappa shape index (κ2) is 7.28. The Morgan fingerprint density at radius 3 is 2.17 bits per heavy atom. The lowest BCUT2D eigenvalue weighted by molar-refractivity contribution is -0.169. The van der Waals surface area contributed by atoms with Crippen LogP contribution in [-0.4, -0.2) is 29.6 Å². The summed E-state index contributed by atoms with van der Waals surface area (Å²) in [7, 11) is 0. The number of hydrogen-bond acceptors (Lipinski definition) is 4. The van der Waals surface area contributed by atoms with Crippen molar-refractivity contribution in [3.63, 3.8) is 0 Å². The molecule has 0 aliphatic carbocycles. The lowest BCUT2D eigenvalue weighted by atomic mass is 10.0. The van der Waals surface area contributed by atoms with Crippen molar-refractivity contribution >= 4 is 11.8 Å². The third-order valence-corrected chi connectivity index (χ3v) is 2.69. The van der Waals surface area contributed by atoms with E-state index < -0.39 is 23.0 Å². The summed E-state index contributed by atoms with van der Waals surface area (Å²) in [6, 6.07) is 6.68. The highest BCUT2D eigenvalue weighted by Gasteiger charge is 2.44. The van der Waals surface area contributed by atoms with Gasteiger partial charge in [-0.3, -0.25) is 4.79 Å². The molecule has 124 valence electrons. The topological polar surface area (TPSA) is 52.6 Å². The summed E-state index contributed by atoms with van der Waals surface area (Å²) in [4.78, 5) is 23.6. The maximum absolute atomic E-state index is 14.3. The highest BCUT2D eigenvalue weighted by atomic mass is 19.1. The first-order valence-electron chi connectivity index (χ1n) is 7.28. The molecule has 0 aliphatic heterocycles. The zero-order chi connectivity index (χ0) is 17.7. The van der Waals surface area contributed by atoms with E-state index in [4.69, 9.17) is 9.47 Å². The first-order chi connectivity index (χ1) is 10.6. The molecule has 0 heterocycles. The smallest absolute Gasteiger partial charge is 0.353 e. The van der Waals surface area contributed by atoms with Crippen molar-refractivity contribution in [2.75, 3.05) is 6.61 Å². The molecule has 1 aromatic rings. The van der Waals surface area contributed by atoms with Crippen LogP contribution in [0.4, 0.5) is 4.39 Å². The molecule has 0 aliphatic rings. The van der Waals surface area contributed by atoms with E-state index in [1.54, 1.807) is 45.0 Å². The normalized spacial score (nSPS) is 13.3. The van der Waals surface area contributed by atoms with Crippen LogP contribution in [0.15, 0.2) is 24.3 Å². The predicted molar refractivity (Wildman–Crippen MR) is 84.9 cm³/mol. The highest BCUT2D eigenvalue weighted by Crippen LogP contribution is 2.19. The summed E-state index contributed by atoms with van der Waals surface area (Å²) in [6.07, 6.45) is 0. The molecule has 1 rings (SSSR count). The van der Waals surface area contributed by atoms with Crippen molar-refractivity contribution in [1.29, 1.82) is 0 Å². The van der Waals surface area contributed by atoms with Crippen molar-refractivity contribution in [3.8, 4) is 17.6 Å². The third kappa shape index (κ3) is 5.74. The van der Waals surface area contributed by atoms with Gasteiger partial charge in [0.25, 0.3) is 11.5 Å². The Labute approximate surface area is 136 Å². The molecule has 0 bridgehead atoms. The number of halogens is 1. The van der Waals surface area contributed by atoms with Gasteiger partial charge in [0.05, 0.1) is 6.61 Å². The minimum Gasteiger partial charge on any atom is -0.494 e. The average Bonchev–Trinajstić information content (AvgIpc) is 2.44. The van der Waals surface area contributed by atoms with Gasteiger partial charge in [-0.15, -0.1) is 0 Å². The van der Waals surface area contributed by atoms with Crippen molar-refractivity contribution < 1.29 is 23.5 Å². The van der Waals surface area contributed by atoms with Crippen molar-refractivity contribution in [1.82, 2.24) is 0 Å². The van der Waals surface area contributed by atoms with Crippen molar-refractivity contribution in [2.45, 2.75) is 45.9 Å². The number of carbonyl (C=O) groups is 2. The Morgan fingerprint density at radius 2 is 1.70 bits per heavy atom. The van der Waals surface area contributed by atoms with Crippen LogP contribution in [-0.2, 0) is 14.3 Å². The van der Waals surface area contributed by atoms with E-state index in [0.29, 0.717) is 17.9 Å². The fourth-order valence-corrected chi connectivity index (χ4v) is 1.51. The fraction of sp³-hybridized carbons (Fsp3) is 0.444. The second-order valence-electron chi connectivity index (χ2n) is 6.04. The summed E-state index contributed by atoms with van der Waals surface area (Å²) in [5.41, 5.74) is -3.17. The molecule has 1 aromatic carbocycles. The number of esters is 1. The molecule has 5 heteroatoms. The number of ether oxygens (including phenoxy) is 2. The molecule has 0 radical (unpaired) electrons. The monoisotopic (exact) mass is 320 g/mol. The molecule has 0 aromatic heterocycles. The molecule has 4 nitrogen and oxygen atoms in total. The van der Waals surface area contributed by atoms with Gasteiger partial charge in [-0.2, -0.15) is 0 Å². The molecule has 0 fully saturated rings. The van der Waals surface area contributed by atoms with Crippen LogP contribution in [0.25, 0.3) is 0 Å². The zero-order valence-electron chi connectivity index (χ0n) is 14.0. The van der Waals surface area contributed by atoms with Crippen LogP contribution in [0.1, 0.15) is 40.2 Å². The zero-order valence-corrected chi connectivity index (χ0v) is 14.0. The van der Waals surface area contributed by atoms with Gasteiger partial charge in [0.15, 0.2) is 0 Å². The first kappa shape index (κ1) is 18.7. The van der Waals surface area contributed by atoms with Crippen LogP contribution >= 0.6 is 0 Å². The van der Waals surface area contributed by atoms with Crippen LogP contribution in [0.5, 0.6) is 5.75 Å². The van der Waals surface area contributed by atoms with Crippen molar-refractivity contribution in [3.05, 3.63) is 29.8 Å². The summed E-state index contributed by atoms with van der Waals surface area (Å²) in [6.45, 7) is 8.05. The summed E-state index contributed by atoms with van der Waals surface area (Å²) < 4.78 is 24.5. The maximum Gasteiger partial charge on any atom is 0.353 e. The van der Waals surface area contributed by atoms with E-state index in [1.807, 2.05) is 6.92 Å². The second-order valence-corrected chi connectivity index (χ2v) is 6.04. The standard InChI is InChI=1S/C18H21FO4/c1-6-22-14-10-7-13(8-11-14)9-12-15(20)18(5,19)16(21)23-17(2,3)4/h7-8,10-11H,6H2,1-5H3. The lowest BCUT2D eigenvalue weighted by Crippen LogP contribution is -2.43. The molecule has 0 saturated carbocycles. The van der Waals surface area contributed by atoms with Gasteiger partial charge in [0, 0.05) is 5.56 Å². The number of ketones is 1. The van der Waals surface area contributed by atoms with Gasteiger partial charge in [0.1, 0.15) is 11.4 Å². The Hall–Kier alpha value is -2.35. The molecule has 23 heavy (non-hydrogen) atoms. The summed E-state index contributed by atoms with van der Waals surface area (Å²) in [5, 5.41) is 0. The summed E-state index contributed by atoms with van der Waals surface area (Å²) >= 11 is 0. The Morgan fingerprint density at radius 1 is 1.13 bits per heavy atom. The van der Waals surface area contributed by atoms with Crippen LogP contribution < -0.4 is 4.74 Å². The van der Waals surface area contributed by atoms with Gasteiger partial charge >= 0.3 is 5.97 Å². The van der Waals surface area contributed by atoms with Crippen LogP contribution in [0.2, 0.25) is 0 Å². The molecule has 0 N–H and O–H groups in total. The van der Waals surface area contributed by atoms with Gasteiger partial charge in [-0.25, -0.2) is 9.18 Å². The Balaban J connectivity index is 2.84. The van der Waals surface area contributed by atoms with Gasteiger partial charge in [0.2, 0.25) is 0 Å². The molecule has 0 spiro atoms. The van der Waals surface area contributed by atoms with E-state index in [2.05, 4.69) is 11.8 Å². The fourth-order valence-electron chi connectivity index (χ4n) is 1.51. The van der Waals surface area contributed by atoms with E-state index in [1.165, 1.54) is 0 Å². The number of carbonyl (C=O) groups excluding carboxylic acids is 2. The number of benzene rings is 1. The first-order valence-corrected chi connectivity index (χ1v) is 7.28. The van der Waals surface area contributed by atoms with Gasteiger partial charge < -0.3 is 9.47 Å². The lowest BCUT2D eigenvalue weighted by Gasteiger charge is -2.23. The van der Waals surface area contributed by atoms with Gasteiger partial charge in [-0.1, -0.05) is 5.92 Å². The molecular formula is C18H21FO4. The number of hydrogen-bond donors (Lipinski definition) is 0. The maximum atomic E-state index is 14.3. The SMILES string of the molecule is CCOc1ccc(C#CC(=O)C(C)(F)C(=O)OC(C)(C)C)cc1. The molecule has 0 amide bonds. The Kier molecular flexibility index (Phi) is 5.91. The van der Waals surface area contributed by atoms with E-state index in [9.17, 15) is 14.0 Å². The molecule has 1 unspecified atom stereocenters. The number of alkyl halides is 1. The Bertz CT molecular complexity index is 628. The highest BCUT2D eigenvalue weighted by molar-refractivity contribution is 6.15.